The monoisotopic (exact) mass is 196 g/mol. The number of piperidine rings is 1. The molecule has 3 nitrogen and oxygen atoms in total. The van der Waals surface area contributed by atoms with Crippen LogP contribution in [-0.2, 0) is 4.74 Å². The first-order valence-corrected chi connectivity index (χ1v) is 5.84. The molecule has 0 aromatic heterocycles. The molecule has 0 aliphatic carbocycles. The number of nitrogens with one attached hydrogen (secondary N) is 1. The van der Waals surface area contributed by atoms with Crippen molar-refractivity contribution in [2.75, 3.05) is 26.7 Å². The van der Waals surface area contributed by atoms with Gasteiger partial charge in [-0.1, -0.05) is 0 Å². The maximum atomic E-state index is 6.08. The highest BCUT2D eigenvalue weighted by Gasteiger charge is 2.46. The van der Waals surface area contributed by atoms with Crippen LogP contribution in [0, 0.1) is 0 Å². The number of fused-ring (bicyclic) bond motifs is 2. The molecule has 0 aromatic carbocycles. The fourth-order valence-electron chi connectivity index (χ4n) is 3.49. The lowest BCUT2D eigenvalue weighted by atomic mass is 9.86. The van der Waals surface area contributed by atoms with E-state index in [4.69, 9.17) is 4.74 Å². The minimum absolute atomic E-state index is 0.198. The van der Waals surface area contributed by atoms with Gasteiger partial charge in [0, 0.05) is 25.2 Å². The van der Waals surface area contributed by atoms with Gasteiger partial charge >= 0.3 is 0 Å². The second-order valence-corrected chi connectivity index (χ2v) is 5.32. The van der Waals surface area contributed by atoms with Gasteiger partial charge in [-0.3, -0.25) is 0 Å². The van der Waals surface area contributed by atoms with Gasteiger partial charge in [-0.25, -0.2) is 0 Å². The van der Waals surface area contributed by atoms with Crippen molar-refractivity contribution in [3.63, 3.8) is 0 Å². The molecule has 14 heavy (non-hydrogen) atoms. The van der Waals surface area contributed by atoms with Crippen LogP contribution in [0.3, 0.4) is 0 Å². The first-order valence-electron chi connectivity index (χ1n) is 5.84. The molecule has 1 N–H and O–H groups in total. The molecule has 0 aromatic rings. The van der Waals surface area contributed by atoms with E-state index in [1.807, 2.05) is 0 Å². The van der Waals surface area contributed by atoms with Crippen LogP contribution in [0.25, 0.3) is 0 Å². The molecule has 3 heterocycles. The normalized spacial score (nSPS) is 48.6. The van der Waals surface area contributed by atoms with Gasteiger partial charge < -0.3 is 15.0 Å². The summed E-state index contributed by atoms with van der Waals surface area (Å²) in [7, 11) is 2.22. The van der Waals surface area contributed by atoms with Crippen LogP contribution in [-0.4, -0.2) is 49.3 Å². The van der Waals surface area contributed by atoms with Crippen LogP contribution >= 0.6 is 0 Å². The Labute approximate surface area is 85.8 Å². The Morgan fingerprint density at radius 3 is 2.64 bits per heavy atom. The topological polar surface area (TPSA) is 24.5 Å². The molecule has 3 saturated heterocycles. The molecule has 2 unspecified atom stereocenters. The largest absolute Gasteiger partial charge is 0.372 e. The van der Waals surface area contributed by atoms with Crippen molar-refractivity contribution >= 4 is 0 Å². The quantitative estimate of drug-likeness (QED) is 0.614. The molecule has 3 rings (SSSR count). The molecule has 2 atom stereocenters. The zero-order chi connectivity index (χ0) is 9.60. The smallest absolute Gasteiger partial charge is 0.0838 e. The first-order chi connectivity index (χ1) is 6.76. The SMILES string of the molecule is CN1CCOC2(CC3CCC(C2)N3)C1. The fourth-order valence-corrected chi connectivity index (χ4v) is 3.49. The van der Waals surface area contributed by atoms with Crippen LogP contribution < -0.4 is 5.32 Å². The maximum absolute atomic E-state index is 6.08. The molecule has 3 heteroatoms. The van der Waals surface area contributed by atoms with Crippen LogP contribution in [0.1, 0.15) is 25.7 Å². The van der Waals surface area contributed by atoms with Crippen molar-refractivity contribution < 1.29 is 4.74 Å². The predicted molar refractivity (Wildman–Crippen MR) is 55.4 cm³/mol. The van der Waals surface area contributed by atoms with E-state index in [9.17, 15) is 0 Å². The first kappa shape index (κ1) is 9.13. The Kier molecular flexibility index (Phi) is 2.08. The van der Waals surface area contributed by atoms with Gasteiger partial charge in [-0.15, -0.1) is 0 Å². The average molecular weight is 196 g/mol. The minimum atomic E-state index is 0.198. The van der Waals surface area contributed by atoms with Crippen molar-refractivity contribution in [2.24, 2.45) is 0 Å². The van der Waals surface area contributed by atoms with Crippen molar-refractivity contribution in [3.05, 3.63) is 0 Å². The summed E-state index contributed by atoms with van der Waals surface area (Å²) in [5, 5.41) is 3.68. The number of morpholine rings is 1. The maximum Gasteiger partial charge on any atom is 0.0838 e. The van der Waals surface area contributed by atoms with Gasteiger partial charge in [-0.05, 0) is 32.7 Å². The fraction of sp³-hybridized carbons (Fsp3) is 1.00. The number of ether oxygens (including phenoxy) is 1. The van der Waals surface area contributed by atoms with Crippen LogP contribution in [0.15, 0.2) is 0 Å². The molecular formula is C11H20N2O. The zero-order valence-corrected chi connectivity index (χ0v) is 8.96. The highest BCUT2D eigenvalue weighted by molar-refractivity contribution is 5.03. The summed E-state index contributed by atoms with van der Waals surface area (Å²) in [5.41, 5.74) is 0.198. The molecule has 3 aliphatic rings. The predicted octanol–water partition coefficient (Wildman–Crippen LogP) is 0.602. The van der Waals surface area contributed by atoms with Gasteiger partial charge in [0.15, 0.2) is 0 Å². The molecule has 1 spiro atoms. The van der Waals surface area contributed by atoms with E-state index in [-0.39, 0.29) is 5.60 Å². The number of hydrogen-bond donors (Lipinski definition) is 1. The molecule has 0 saturated carbocycles. The van der Waals surface area contributed by atoms with Gasteiger partial charge in [0.1, 0.15) is 0 Å². The summed E-state index contributed by atoms with van der Waals surface area (Å²) in [4.78, 5) is 2.42. The third-order valence-electron chi connectivity index (χ3n) is 4.01. The van der Waals surface area contributed by atoms with E-state index >= 15 is 0 Å². The third-order valence-corrected chi connectivity index (χ3v) is 4.01. The lowest BCUT2D eigenvalue weighted by Crippen LogP contribution is -2.58. The van der Waals surface area contributed by atoms with E-state index in [1.54, 1.807) is 0 Å². The van der Waals surface area contributed by atoms with E-state index in [1.165, 1.54) is 25.7 Å². The van der Waals surface area contributed by atoms with Gasteiger partial charge in [-0.2, -0.15) is 0 Å². The lowest BCUT2D eigenvalue weighted by Gasteiger charge is -2.46. The molecule has 0 amide bonds. The van der Waals surface area contributed by atoms with Crippen LogP contribution in [0.4, 0.5) is 0 Å². The molecule has 3 fully saturated rings. The van der Waals surface area contributed by atoms with Gasteiger partial charge in [0.05, 0.1) is 12.2 Å². The van der Waals surface area contributed by atoms with Crippen molar-refractivity contribution in [1.82, 2.24) is 10.2 Å². The summed E-state index contributed by atoms with van der Waals surface area (Å²) < 4.78 is 6.08. The standard InChI is InChI=1S/C11H20N2O/c1-13-4-5-14-11(8-13)6-9-2-3-10(7-11)12-9/h9-10,12H,2-8H2,1H3. The summed E-state index contributed by atoms with van der Waals surface area (Å²) in [6.45, 7) is 3.17. The Morgan fingerprint density at radius 2 is 2.00 bits per heavy atom. The van der Waals surface area contributed by atoms with Crippen molar-refractivity contribution in [3.8, 4) is 0 Å². The van der Waals surface area contributed by atoms with Gasteiger partial charge in [0.25, 0.3) is 0 Å². The van der Waals surface area contributed by atoms with Crippen molar-refractivity contribution in [2.45, 2.75) is 43.4 Å². The molecule has 3 aliphatic heterocycles. The second kappa shape index (κ2) is 3.19. The second-order valence-electron chi connectivity index (χ2n) is 5.32. The zero-order valence-electron chi connectivity index (χ0n) is 8.96. The minimum Gasteiger partial charge on any atom is -0.372 e. The lowest BCUT2D eigenvalue weighted by molar-refractivity contribution is -0.126. The Hall–Kier alpha value is -0.120. The molecule has 2 bridgehead atoms. The summed E-state index contributed by atoms with van der Waals surface area (Å²) >= 11 is 0. The third kappa shape index (κ3) is 1.47. The Bertz CT molecular complexity index is 219. The average Bonchev–Trinajstić information content (AvgIpc) is 2.46. The van der Waals surface area contributed by atoms with E-state index in [0.29, 0.717) is 0 Å². The Balaban J connectivity index is 1.76. The number of rotatable bonds is 0. The van der Waals surface area contributed by atoms with E-state index in [2.05, 4.69) is 17.3 Å². The molecule has 0 radical (unpaired) electrons. The van der Waals surface area contributed by atoms with Gasteiger partial charge in [0.2, 0.25) is 0 Å². The highest BCUT2D eigenvalue weighted by atomic mass is 16.5. The van der Waals surface area contributed by atoms with Crippen LogP contribution in [0.2, 0.25) is 0 Å². The van der Waals surface area contributed by atoms with Crippen LogP contribution in [0.5, 0.6) is 0 Å². The summed E-state index contributed by atoms with van der Waals surface area (Å²) in [5.74, 6) is 0. The summed E-state index contributed by atoms with van der Waals surface area (Å²) in [6, 6.07) is 1.47. The molecular weight excluding hydrogens is 176 g/mol. The Morgan fingerprint density at radius 1 is 1.29 bits per heavy atom. The number of likely N-dealkylation sites (N-methyl/N-ethyl adjacent to an activating group) is 1. The van der Waals surface area contributed by atoms with Crippen molar-refractivity contribution in [1.29, 1.82) is 0 Å². The van der Waals surface area contributed by atoms with E-state index < -0.39 is 0 Å². The highest BCUT2D eigenvalue weighted by Crippen LogP contribution is 2.38. The number of hydrogen-bond acceptors (Lipinski definition) is 3. The summed E-state index contributed by atoms with van der Waals surface area (Å²) in [6.07, 6.45) is 5.18. The van der Waals surface area contributed by atoms with E-state index in [0.717, 1.165) is 31.8 Å². The number of nitrogens with zero attached hydrogens (tertiary/aromatic N) is 1. The molecule has 80 valence electrons.